The predicted octanol–water partition coefficient (Wildman–Crippen LogP) is 5.52. The summed E-state index contributed by atoms with van der Waals surface area (Å²) in [5.41, 5.74) is 3.17. The molecule has 2 N–H and O–H groups in total. The largest absolute Gasteiger partial charge is 0.453 e. The molecule has 0 saturated heterocycles. The van der Waals surface area contributed by atoms with Crippen LogP contribution in [0.3, 0.4) is 0 Å². The Hall–Kier alpha value is -3.95. The second kappa shape index (κ2) is 13.6. The van der Waals surface area contributed by atoms with Gasteiger partial charge < -0.3 is 25.0 Å². The Kier molecular flexibility index (Phi) is 9.96. The van der Waals surface area contributed by atoms with Gasteiger partial charge in [0.2, 0.25) is 5.91 Å². The highest BCUT2D eigenvalue weighted by molar-refractivity contribution is 6.30. The highest BCUT2D eigenvalue weighted by atomic mass is 35.5. The van der Waals surface area contributed by atoms with Crippen molar-refractivity contribution in [1.29, 1.82) is 0 Å². The molecule has 1 aliphatic rings. The van der Waals surface area contributed by atoms with Gasteiger partial charge >= 0.3 is 6.09 Å². The summed E-state index contributed by atoms with van der Waals surface area (Å²) in [7, 11) is 1.29. The molecular formula is C31H33ClFN3O5. The molecule has 0 spiro atoms. The summed E-state index contributed by atoms with van der Waals surface area (Å²) in [5, 5.41) is 5.84. The van der Waals surface area contributed by atoms with Gasteiger partial charge in [-0.1, -0.05) is 67.9 Å². The Bertz CT molecular complexity index is 1420. The maximum absolute atomic E-state index is 14.1. The third kappa shape index (κ3) is 7.62. The first kappa shape index (κ1) is 30.0. The molecule has 0 aromatic heterocycles. The van der Waals surface area contributed by atoms with E-state index in [1.54, 1.807) is 41.3 Å². The average Bonchev–Trinajstić information content (AvgIpc) is 3.05. The first-order valence-electron chi connectivity index (χ1n) is 13.3. The summed E-state index contributed by atoms with van der Waals surface area (Å²) >= 11 is 6.42. The summed E-state index contributed by atoms with van der Waals surface area (Å²) in [5.74, 6) is -1.10. The lowest BCUT2D eigenvalue weighted by Gasteiger charge is -2.26. The fraction of sp³-hybridized carbons (Fsp3) is 0.323. The van der Waals surface area contributed by atoms with E-state index in [9.17, 15) is 18.8 Å². The van der Waals surface area contributed by atoms with E-state index in [0.717, 1.165) is 5.56 Å². The maximum atomic E-state index is 14.1. The molecule has 3 amide bonds. The minimum absolute atomic E-state index is 0.0172. The van der Waals surface area contributed by atoms with Crippen molar-refractivity contribution in [2.24, 2.45) is 5.92 Å². The second-order valence-corrected chi connectivity index (χ2v) is 10.6. The van der Waals surface area contributed by atoms with Gasteiger partial charge in [-0.25, -0.2) is 9.18 Å². The van der Waals surface area contributed by atoms with Crippen molar-refractivity contribution in [3.63, 3.8) is 0 Å². The quantitative estimate of drug-likeness (QED) is 0.347. The lowest BCUT2D eigenvalue weighted by atomic mass is 9.97. The van der Waals surface area contributed by atoms with Crippen LogP contribution in [0.4, 0.5) is 14.9 Å². The molecule has 2 unspecified atom stereocenters. The van der Waals surface area contributed by atoms with Gasteiger partial charge in [0.25, 0.3) is 5.91 Å². The predicted molar refractivity (Wildman–Crippen MR) is 154 cm³/mol. The van der Waals surface area contributed by atoms with Crippen LogP contribution in [0.2, 0.25) is 5.02 Å². The number of benzene rings is 3. The zero-order valence-corrected chi connectivity index (χ0v) is 23.9. The summed E-state index contributed by atoms with van der Waals surface area (Å²) < 4.78 is 25.2. The summed E-state index contributed by atoms with van der Waals surface area (Å²) in [6, 6.07) is 18.8. The minimum Gasteiger partial charge on any atom is -0.453 e. The summed E-state index contributed by atoms with van der Waals surface area (Å²) in [4.78, 5) is 40.2. The van der Waals surface area contributed by atoms with Crippen LogP contribution in [-0.2, 0) is 32.2 Å². The first-order chi connectivity index (χ1) is 19.7. The van der Waals surface area contributed by atoms with E-state index >= 15 is 0 Å². The number of carbonyl (C=O) groups excluding carboxylic acids is 3. The fourth-order valence-corrected chi connectivity index (χ4v) is 4.89. The SMILES string of the molecule is COC(=O)NCc1cccc(C2OC(CC(=O)NCc3ccccc3F)C(=O)N(CC(C)C)c3ccc(Cl)cc32)c1. The van der Waals surface area contributed by atoms with Crippen LogP contribution < -0.4 is 15.5 Å². The minimum atomic E-state index is -1.12. The Balaban J connectivity index is 1.67. The molecule has 2 atom stereocenters. The number of halogens is 2. The molecule has 1 heterocycles. The molecule has 216 valence electrons. The molecule has 1 aliphatic heterocycles. The standard InChI is InChI=1S/C31H33ClFN3O5/c1-19(2)18-36-26-12-11-23(32)14-24(26)29(21-9-6-7-20(13-21)16-35-31(39)40-3)41-27(30(36)38)15-28(37)34-17-22-8-4-5-10-25(22)33/h4-14,19,27,29H,15-18H2,1-3H3,(H,34,37)(H,35,39). The number of nitrogens with zero attached hydrogens (tertiary/aromatic N) is 1. The van der Waals surface area contributed by atoms with Crippen molar-refractivity contribution in [3.8, 4) is 0 Å². The molecule has 3 aromatic carbocycles. The maximum Gasteiger partial charge on any atom is 0.407 e. The summed E-state index contributed by atoms with van der Waals surface area (Å²) in [6.07, 6.45) is -2.69. The number of ether oxygens (including phenoxy) is 2. The van der Waals surface area contributed by atoms with Gasteiger partial charge in [0, 0.05) is 41.5 Å². The lowest BCUT2D eigenvalue weighted by Crippen LogP contribution is -2.43. The molecular weight excluding hydrogens is 549 g/mol. The highest BCUT2D eigenvalue weighted by Gasteiger charge is 2.38. The Morgan fingerprint density at radius 1 is 1.05 bits per heavy atom. The van der Waals surface area contributed by atoms with Crippen molar-refractivity contribution < 1.29 is 28.2 Å². The van der Waals surface area contributed by atoms with Gasteiger partial charge in [0.1, 0.15) is 18.0 Å². The van der Waals surface area contributed by atoms with Crippen LogP contribution in [0.15, 0.2) is 66.7 Å². The van der Waals surface area contributed by atoms with Crippen LogP contribution in [0.25, 0.3) is 0 Å². The normalized spacial score (nSPS) is 16.6. The van der Waals surface area contributed by atoms with Crippen molar-refractivity contribution in [3.05, 3.63) is 99.8 Å². The number of hydrogen-bond donors (Lipinski definition) is 2. The number of methoxy groups -OCH3 is 1. The molecule has 4 rings (SSSR count). The molecule has 0 fully saturated rings. The van der Waals surface area contributed by atoms with Crippen molar-refractivity contribution in [2.45, 2.75) is 45.6 Å². The topological polar surface area (TPSA) is 97.0 Å². The van der Waals surface area contributed by atoms with E-state index in [1.807, 2.05) is 38.1 Å². The van der Waals surface area contributed by atoms with Gasteiger partial charge in [-0.05, 0) is 41.3 Å². The summed E-state index contributed by atoms with van der Waals surface area (Å²) in [6.45, 7) is 4.60. The Morgan fingerprint density at radius 3 is 2.56 bits per heavy atom. The number of rotatable bonds is 9. The number of amides is 3. The van der Waals surface area contributed by atoms with Crippen LogP contribution in [0.5, 0.6) is 0 Å². The Morgan fingerprint density at radius 2 is 1.83 bits per heavy atom. The number of anilines is 1. The monoisotopic (exact) mass is 581 g/mol. The van der Waals surface area contributed by atoms with E-state index < -0.39 is 30.0 Å². The van der Waals surface area contributed by atoms with E-state index in [2.05, 4.69) is 15.4 Å². The van der Waals surface area contributed by atoms with Crippen LogP contribution in [0.1, 0.15) is 48.6 Å². The number of carbonyl (C=O) groups is 3. The number of hydrogen-bond acceptors (Lipinski definition) is 5. The highest BCUT2D eigenvalue weighted by Crippen LogP contribution is 2.40. The van der Waals surface area contributed by atoms with E-state index in [1.165, 1.54) is 13.2 Å². The van der Waals surface area contributed by atoms with Gasteiger partial charge in [0.15, 0.2) is 0 Å². The van der Waals surface area contributed by atoms with Gasteiger partial charge in [0.05, 0.1) is 13.5 Å². The molecule has 0 saturated carbocycles. The van der Waals surface area contributed by atoms with Crippen molar-refractivity contribution in [1.82, 2.24) is 10.6 Å². The zero-order valence-electron chi connectivity index (χ0n) is 23.2. The molecule has 8 nitrogen and oxygen atoms in total. The Labute approximate surface area is 243 Å². The smallest absolute Gasteiger partial charge is 0.407 e. The van der Waals surface area contributed by atoms with Crippen LogP contribution in [-0.4, -0.2) is 37.7 Å². The van der Waals surface area contributed by atoms with Crippen LogP contribution >= 0.6 is 11.6 Å². The number of fused-ring (bicyclic) bond motifs is 1. The zero-order chi connectivity index (χ0) is 29.5. The molecule has 0 bridgehead atoms. The van der Waals surface area contributed by atoms with Crippen LogP contribution in [0, 0.1) is 11.7 Å². The molecule has 0 aliphatic carbocycles. The molecule has 10 heteroatoms. The van der Waals surface area contributed by atoms with Gasteiger partial charge in [-0.2, -0.15) is 0 Å². The molecule has 3 aromatic rings. The van der Waals surface area contributed by atoms with E-state index in [-0.39, 0.29) is 31.3 Å². The number of alkyl carbamates (subject to hydrolysis) is 1. The fourth-order valence-electron chi connectivity index (χ4n) is 4.71. The number of nitrogens with one attached hydrogen (secondary N) is 2. The van der Waals surface area contributed by atoms with Gasteiger partial charge in [-0.3, -0.25) is 9.59 Å². The third-order valence-corrected chi connectivity index (χ3v) is 6.87. The third-order valence-electron chi connectivity index (χ3n) is 6.63. The average molecular weight is 582 g/mol. The van der Waals surface area contributed by atoms with Crippen molar-refractivity contribution in [2.75, 3.05) is 18.6 Å². The molecule has 0 radical (unpaired) electrons. The lowest BCUT2D eigenvalue weighted by molar-refractivity contribution is -0.138. The second-order valence-electron chi connectivity index (χ2n) is 10.2. The van der Waals surface area contributed by atoms with E-state index in [0.29, 0.717) is 33.9 Å². The molecule has 41 heavy (non-hydrogen) atoms. The van der Waals surface area contributed by atoms with Crippen molar-refractivity contribution >= 4 is 35.2 Å². The van der Waals surface area contributed by atoms with E-state index in [4.69, 9.17) is 16.3 Å². The van der Waals surface area contributed by atoms with Gasteiger partial charge in [-0.15, -0.1) is 0 Å². The first-order valence-corrected chi connectivity index (χ1v) is 13.7.